The van der Waals surface area contributed by atoms with Crippen LogP contribution in [0.1, 0.15) is 25.3 Å². The highest BCUT2D eigenvalue weighted by Gasteiger charge is 2.18. The Morgan fingerprint density at radius 2 is 2.15 bits per heavy atom. The van der Waals surface area contributed by atoms with Crippen LogP contribution in [-0.2, 0) is 0 Å². The molecule has 0 bridgehead atoms. The van der Waals surface area contributed by atoms with Gasteiger partial charge in [-0.2, -0.15) is 0 Å². The summed E-state index contributed by atoms with van der Waals surface area (Å²) >= 11 is 1.77. The summed E-state index contributed by atoms with van der Waals surface area (Å²) in [5, 5.41) is 4.62. The van der Waals surface area contributed by atoms with Gasteiger partial charge in [0.1, 0.15) is 0 Å². The number of likely N-dealkylation sites (tertiary alicyclic amines) is 1. The second-order valence-electron chi connectivity index (χ2n) is 5.75. The molecule has 1 aromatic heterocycles. The second-order valence-corrected chi connectivity index (χ2v) is 6.78. The van der Waals surface area contributed by atoms with Crippen molar-refractivity contribution < 1.29 is 0 Å². The van der Waals surface area contributed by atoms with Crippen molar-refractivity contribution in [1.29, 1.82) is 0 Å². The summed E-state index contributed by atoms with van der Waals surface area (Å²) in [6.45, 7) is 9.15. The number of rotatable bonds is 4. The Bertz CT molecular complexity index is 570. The van der Waals surface area contributed by atoms with Crippen LogP contribution < -0.4 is 5.32 Å². The van der Waals surface area contributed by atoms with E-state index in [2.05, 4.69) is 47.2 Å². The highest BCUT2D eigenvalue weighted by molar-refractivity contribution is 7.22. The minimum Gasteiger partial charge on any atom is -0.361 e. The number of piperidine rings is 1. The zero-order valence-electron chi connectivity index (χ0n) is 12.4. The van der Waals surface area contributed by atoms with Gasteiger partial charge in [0.05, 0.1) is 10.2 Å². The molecule has 2 heterocycles. The minimum absolute atomic E-state index is 0.798. The Hall–Kier alpha value is -1.13. The molecule has 108 valence electrons. The van der Waals surface area contributed by atoms with Crippen molar-refractivity contribution in [2.45, 2.75) is 26.7 Å². The van der Waals surface area contributed by atoms with Crippen LogP contribution in [0.2, 0.25) is 0 Å². The molecule has 1 aromatic carbocycles. The molecule has 4 heteroatoms. The topological polar surface area (TPSA) is 28.2 Å². The molecule has 1 aliphatic heterocycles. The van der Waals surface area contributed by atoms with E-state index in [0.717, 1.165) is 23.1 Å². The molecule has 3 rings (SSSR count). The zero-order chi connectivity index (χ0) is 13.9. The van der Waals surface area contributed by atoms with Gasteiger partial charge in [0.15, 0.2) is 5.13 Å². The van der Waals surface area contributed by atoms with Crippen molar-refractivity contribution in [3.8, 4) is 0 Å². The first-order chi connectivity index (χ1) is 9.74. The summed E-state index contributed by atoms with van der Waals surface area (Å²) in [7, 11) is 0. The number of aromatic nitrogens is 1. The van der Waals surface area contributed by atoms with Crippen LogP contribution in [0.25, 0.3) is 10.2 Å². The molecule has 0 amide bonds. The predicted molar refractivity (Wildman–Crippen MR) is 87.7 cm³/mol. The third-order valence-electron chi connectivity index (χ3n) is 4.24. The zero-order valence-corrected chi connectivity index (χ0v) is 13.2. The van der Waals surface area contributed by atoms with Gasteiger partial charge in [-0.05, 0) is 63.0 Å². The van der Waals surface area contributed by atoms with Crippen LogP contribution in [0.5, 0.6) is 0 Å². The summed E-state index contributed by atoms with van der Waals surface area (Å²) in [6.07, 6.45) is 2.62. The Labute approximate surface area is 125 Å². The number of nitrogens with one attached hydrogen (secondary N) is 1. The summed E-state index contributed by atoms with van der Waals surface area (Å²) in [5.41, 5.74) is 2.42. The summed E-state index contributed by atoms with van der Waals surface area (Å²) in [4.78, 5) is 7.20. The normalized spacial score (nSPS) is 17.7. The van der Waals surface area contributed by atoms with Gasteiger partial charge < -0.3 is 10.2 Å². The quantitative estimate of drug-likeness (QED) is 0.929. The lowest BCUT2D eigenvalue weighted by molar-refractivity contribution is 0.198. The highest BCUT2D eigenvalue weighted by atomic mass is 32.1. The molecular weight excluding hydrogens is 266 g/mol. The number of benzene rings is 1. The van der Waals surface area contributed by atoms with Crippen LogP contribution in [-0.4, -0.2) is 36.1 Å². The number of hydrogen-bond donors (Lipinski definition) is 1. The van der Waals surface area contributed by atoms with Crippen LogP contribution >= 0.6 is 11.3 Å². The maximum atomic E-state index is 4.67. The Morgan fingerprint density at radius 3 is 2.90 bits per heavy atom. The molecule has 0 saturated carbocycles. The average molecular weight is 289 g/mol. The molecule has 1 fully saturated rings. The lowest BCUT2D eigenvalue weighted by Crippen LogP contribution is -2.35. The summed E-state index contributed by atoms with van der Waals surface area (Å²) in [6, 6.07) is 6.47. The predicted octanol–water partition coefficient (Wildman–Crippen LogP) is 3.75. The van der Waals surface area contributed by atoms with Gasteiger partial charge in [-0.3, -0.25) is 0 Å². The molecule has 1 aliphatic rings. The maximum Gasteiger partial charge on any atom is 0.183 e. The van der Waals surface area contributed by atoms with Crippen molar-refractivity contribution in [2.24, 2.45) is 5.92 Å². The Kier molecular flexibility index (Phi) is 4.22. The molecule has 0 spiro atoms. The van der Waals surface area contributed by atoms with E-state index in [1.54, 1.807) is 11.3 Å². The number of anilines is 1. The Morgan fingerprint density at radius 1 is 1.35 bits per heavy atom. The van der Waals surface area contributed by atoms with Gasteiger partial charge in [-0.25, -0.2) is 4.98 Å². The van der Waals surface area contributed by atoms with Crippen LogP contribution in [0.4, 0.5) is 5.13 Å². The van der Waals surface area contributed by atoms with E-state index in [1.165, 1.54) is 42.7 Å². The largest absolute Gasteiger partial charge is 0.361 e. The van der Waals surface area contributed by atoms with E-state index < -0.39 is 0 Å². The fourth-order valence-corrected chi connectivity index (χ4v) is 3.82. The van der Waals surface area contributed by atoms with E-state index in [-0.39, 0.29) is 0 Å². The van der Waals surface area contributed by atoms with E-state index in [0.29, 0.717) is 0 Å². The van der Waals surface area contributed by atoms with E-state index in [9.17, 15) is 0 Å². The van der Waals surface area contributed by atoms with Crippen molar-refractivity contribution in [2.75, 3.05) is 31.5 Å². The van der Waals surface area contributed by atoms with Gasteiger partial charge in [0.2, 0.25) is 0 Å². The monoisotopic (exact) mass is 289 g/mol. The second kappa shape index (κ2) is 6.10. The summed E-state index contributed by atoms with van der Waals surface area (Å²) in [5.74, 6) is 0.798. The molecule has 3 nitrogen and oxygen atoms in total. The first-order valence-electron chi connectivity index (χ1n) is 7.58. The standard InChI is InChI=1S/C16H23N3S/c1-3-19-8-6-13(7-9-19)11-17-16-18-14-5-4-12(2)10-15(14)20-16/h4-5,10,13H,3,6-9,11H2,1-2H3,(H,17,18). The van der Waals surface area contributed by atoms with E-state index in [4.69, 9.17) is 0 Å². The van der Waals surface area contributed by atoms with Crippen molar-refractivity contribution in [1.82, 2.24) is 9.88 Å². The molecular formula is C16H23N3S. The summed E-state index contributed by atoms with van der Waals surface area (Å²) < 4.78 is 1.29. The van der Waals surface area contributed by atoms with E-state index in [1.807, 2.05) is 0 Å². The Balaban J connectivity index is 1.57. The fourth-order valence-electron chi connectivity index (χ4n) is 2.85. The van der Waals surface area contributed by atoms with Gasteiger partial charge in [0.25, 0.3) is 0 Å². The van der Waals surface area contributed by atoms with Crippen LogP contribution in [0, 0.1) is 12.8 Å². The molecule has 0 atom stereocenters. The van der Waals surface area contributed by atoms with Gasteiger partial charge >= 0.3 is 0 Å². The highest BCUT2D eigenvalue weighted by Crippen LogP contribution is 2.27. The van der Waals surface area contributed by atoms with Crippen molar-refractivity contribution in [3.63, 3.8) is 0 Å². The molecule has 1 N–H and O–H groups in total. The molecule has 2 aromatic rings. The molecule has 0 aliphatic carbocycles. The maximum absolute atomic E-state index is 4.67. The molecule has 1 saturated heterocycles. The number of thiazole rings is 1. The SMILES string of the molecule is CCN1CCC(CNc2nc3ccc(C)cc3s2)CC1. The van der Waals surface area contributed by atoms with Gasteiger partial charge in [0, 0.05) is 6.54 Å². The number of hydrogen-bond acceptors (Lipinski definition) is 4. The number of nitrogens with zero attached hydrogens (tertiary/aromatic N) is 2. The van der Waals surface area contributed by atoms with Crippen LogP contribution in [0.3, 0.4) is 0 Å². The smallest absolute Gasteiger partial charge is 0.183 e. The van der Waals surface area contributed by atoms with Crippen molar-refractivity contribution >= 4 is 26.7 Å². The number of aryl methyl sites for hydroxylation is 1. The van der Waals surface area contributed by atoms with E-state index >= 15 is 0 Å². The van der Waals surface area contributed by atoms with Gasteiger partial charge in [-0.15, -0.1) is 0 Å². The molecule has 20 heavy (non-hydrogen) atoms. The number of fused-ring (bicyclic) bond motifs is 1. The third-order valence-corrected chi connectivity index (χ3v) is 5.22. The molecule has 0 unspecified atom stereocenters. The minimum atomic E-state index is 0.798. The van der Waals surface area contributed by atoms with Crippen molar-refractivity contribution in [3.05, 3.63) is 23.8 Å². The van der Waals surface area contributed by atoms with Crippen LogP contribution in [0.15, 0.2) is 18.2 Å². The first-order valence-corrected chi connectivity index (χ1v) is 8.39. The van der Waals surface area contributed by atoms with Gasteiger partial charge in [-0.1, -0.05) is 24.3 Å². The average Bonchev–Trinajstić information content (AvgIpc) is 2.87. The first kappa shape index (κ1) is 13.8. The third kappa shape index (κ3) is 3.13. The molecule has 0 radical (unpaired) electrons. The lowest BCUT2D eigenvalue weighted by atomic mass is 9.97. The lowest BCUT2D eigenvalue weighted by Gasteiger charge is -2.30. The fraction of sp³-hybridized carbons (Fsp3) is 0.562.